The fraction of sp³-hybridized carbons (Fsp3) is 0.579. The summed E-state index contributed by atoms with van der Waals surface area (Å²) in [6, 6.07) is 5.34. The second kappa shape index (κ2) is 9.43. The van der Waals surface area contributed by atoms with Crippen LogP contribution in [0, 0.1) is 5.92 Å². The second-order valence-corrected chi connectivity index (χ2v) is 6.62. The molecule has 1 aromatic carbocycles. The lowest BCUT2D eigenvalue weighted by Crippen LogP contribution is -3.14. The van der Waals surface area contributed by atoms with E-state index in [2.05, 4.69) is 5.32 Å². The first-order chi connectivity index (χ1) is 12.5. The molecule has 0 aromatic heterocycles. The largest absolute Gasteiger partial charge is 0.497 e. The van der Waals surface area contributed by atoms with E-state index >= 15 is 0 Å². The van der Waals surface area contributed by atoms with Crippen LogP contribution in [0.1, 0.15) is 31.4 Å². The molecule has 0 aliphatic carbocycles. The zero-order chi connectivity index (χ0) is 19.1. The van der Waals surface area contributed by atoms with Gasteiger partial charge in [-0.2, -0.15) is 0 Å². The zero-order valence-electron chi connectivity index (χ0n) is 16.0. The van der Waals surface area contributed by atoms with Crippen molar-refractivity contribution < 1.29 is 28.7 Å². The lowest BCUT2D eigenvalue weighted by molar-refractivity contribution is -0.897. The summed E-state index contributed by atoms with van der Waals surface area (Å²) in [5.41, 5.74) is 0.875. The van der Waals surface area contributed by atoms with E-state index in [0.717, 1.165) is 37.2 Å². The van der Waals surface area contributed by atoms with Crippen molar-refractivity contribution in [1.29, 1.82) is 0 Å². The van der Waals surface area contributed by atoms with Gasteiger partial charge in [-0.3, -0.25) is 9.59 Å². The molecule has 1 saturated heterocycles. The number of esters is 1. The summed E-state index contributed by atoms with van der Waals surface area (Å²) in [5, 5.41) is 3.03. The first-order valence-electron chi connectivity index (χ1n) is 8.91. The molecule has 2 rings (SSSR count). The van der Waals surface area contributed by atoms with E-state index < -0.39 is 0 Å². The molecule has 1 aromatic rings. The molecule has 1 amide bonds. The molecule has 0 radical (unpaired) electrons. The van der Waals surface area contributed by atoms with Crippen LogP contribution in [-0.2, 0) is 14.3 Å². The van der Waals surface area contributed by atoms with Crippen LogP contribution in [0.15, 0.2) is 18.2 Å². The van der Waals surface area contributed by atoms with Crippen molar-refractivity contribution in [3.05, 3.63) is 23.8 Å². The first-order valence-corrected chi connectivity index (χ1v) is 8.91. The lowest BCUT2D eigenvalue weighted by atomic mass is 9.97. The summed E-state index contributed by atoms with van der Waals surface area (Å²) in [7, 11) is 4.63. The normalized spacial score (nSPS) is 20.8. The molecule has 0 spiro atoms. The third kappa shape index (κ3) is 5.11. The average Bonchev–Trinajstić information content (AvgIpc) is 2.67. The Hall–Kier alpha value is -2.28. The van der Waals surface area contributed by atoms with Crippen molar-refractivity contribution in [3.63, 3.8) is 0 Å². The average molecular weight is 365 g/mol. The highest BCUT2D eigenvalue weighted by atomic mass is 16.5. The van der Waals surface area contributed by atoms with Crippen molar-refractivity contribution >= 4 is 11.9 Å². The van der Waals surface area contributed by atoms with E-state index in [0.29, 0.717) is 12.3 Å². The summed E-state index contributed by atoms with van der Waals surface area (Å²) < 4.78 is 15.4. The third-order valence-electron chi connectivity index (χ3n) is 4.92. The summed E-state index contributed by atoms with van der Waals surface area (Å²) in [5.74, 6) is 1.23. The second-order valence-electron chi connectivity index (χ2n) is 6.62. The van der Waals surface area contributed by atoms with Crippen LogP contribution >= 0.6 is 0 Å². The summed E-state index contributed by atoms with van der Waals surface area (Å²) in [6.45, 7) is 3.91. The van der Waals surface area contributed by atoms with Crippen molar-refractivity contribution in [1.82, 2.24) is 5.32 Å². The molecule has 0 bridgehead atoms. The molecule has 0 saturated carbocycles. The van der Waals surface area contributed by atoms with Gasteiger partial charge in [-0.1, -0.05) is 0 Å². The molecule has 1 heterocycles. The maximum Gasteiger partial charge on any atom is 0.309 e. The van der Waals surface area contributed by atoms with Gasteiger partial charge in [0.05, 0.1) is 46.4 Å². The minimum atomic E-state index is -0.195. The monoisotopic (exact) mass is 365 g/mol. The van der Waals surface area contributed by atoms with Gasteiger partial charge in [0.2, 0.25) is 0 Å². The van der Waals surface area contributed by atoms with E-state index in [-0.39, 0.29) is 23.8 Å². The van der Waals surface area contributed by atoms with Crippen molar-refractivity contribution in [2.75, 3.05) is 41.0 Å². The standard InChI is InChI=1S/C19H28N2O5/c1-13(16-11-15(24-2)5-6-17(16)25-3)20-18(22)12-21-9-7-14(8-10-21)19(23)26-4/h5-6,11,13-14H,7-10,12H2,1-4H3,(H,20,22)/p+1/t13-/m0/s1. The molecular formula is C19H29N2O5+. The predicted octanol–water partition coefficient (Wildman–Crippen LogP) is 0.349. The zero-order valence-corrected chi connectivity index (χ0v) is 16.0. The number of amides is 1. The fourth-order valence-electron chi connectivity index (χ4n) is 3.38. The van der Waals surface area contributed by atoms with Crippen molar-refractivity contribution in [3.8, 4) is 11.5 Å². The van der Waals surface area contributed by atoms with Gasteiger partial charge in [-0.15, -0.1) is 0 Å². The molecule has 26 heavy (non-hydrogen) atoms. The van der Waals surface area contributed by atoms with Crippen LogP contribution in [-0.4, -0.2) is 52.8 Å². The van der Waals surface area contributed by atoms with Gasteiger partial charge >= 0.3 is 5.97 Å². The number of methoxy groups -OCH3 is 3. The third-order valence-corrected chi connectivity index (χ3v) is 4.92. The number of quaternary nitrogens is 1. The maximum atomic E-state index is 12.4. The molecule has 1 atom stereocenters. The van der Waals surface area contributed by atoms with Gasteiger partial charge in [0.1, 0.15) is 11.5 Å². The summed E-state index contributed by atoms with van der Waals surface area (Å²) in [6.07, 6.45) is 1.52. The number of nitrogens with one attached hydrogen (secondary N) is 2. The molecule has 1 aliphatic rings. The van der Waals surface area contributed by atoms with Crippen LogP contribution in [0.25, 0.3) is 0 Å². The predicted molar refractivity (Wildman–Crippen MR) is 96.4 cm³/mol. The molecular weight excluding hydrogens is 336 g/mol. The molecule has 1 fully saturated rings. The number of carbonyl (C=O) groups excluding carboxylic acids is 2. The number of ether oxygens (including phenoxy) is 3. The first kappa shape index (κ1) is 20.0. The van der Waals surface area contributed by atoms with E-state index in [1.54, 1.807) is 14.2 Å². The fourth-order valence-corrected chi connectivity index (χ4v) is 3.38. The molecule has 2 N–H and O–H groups in total. The number of hydrogen-bond donors (Lipinski definition) is 2. The molecule has 144 valence electrons. The highest BCUT2D eigenvalue weighted by molar-refractivity contribution is 5.77. The van der Waals surface area contributed by atoms with E-state index in [1.807, 2.05) is 25.1 Å². The van der Waals surface area contributed by atoms with Crippen LogP contribution in [0.5, 0.6) is 11.5 Å². The van der Waals surface area contributed by atoms with Gasteiger partial charge in [-0.25, -0.2) is 0 Å². The van der Waals surface area contributed by atoms with Crippen molar-refractivity contribution in [2.24, 2.45) is 5.92 Å². The SMILES string of the molecule is COC(=O)C1CC[NH+](CC(=O)N[C@@H](C)c2cc(OC)ccc2OC)CC1. The van der Waals surface area contributed by atoms with Crippen LogP contribution in [0.2, 0.25) is 0 Å². The number of likely N-dealkylation sites (tertiary alicyclic amines) is 1. The van der Waals surface area contributed by atoms with Gasteiger partial charge in [0.25, 0.3) is 5.91 Å². The van der Waals surface area contributed by atoms with Crippen LogP contribution < -0.4 is 19.7 Å². The summed E-state index contributed by atoms with van der Waals surface area (Å²) in [4.78, 5) is 25.2. The Bertz CT molecular complexity index is 626. The molecule has 7 heteroatoms. The Labute approximate surface area is 154 Å². The highest BCUT2D eigenvalue weighted by Gasteiger charge is 2.29. The smallest absolute Gasteiger partial charge is 0.309 e. The van der Waals surface area contributed by atoms with Gasteiger partial charge < -0.3 is 24.4 Å². The summed E-state index contributed by atoms with van der Waals surface area (Å²) >= 11 is 0. The Balaban J connectivity index is 1.89. The topological polar surface area (TPSA) is 78.3 Å². The van der Waals surface area contributed by atoms with Crippen LogP contribution in [0.4, 0.5) is 0 Å². The molecule has 7 nitrogen and oxygen atoms in total. The number of piperidine rings is 1. The quantitative estimate of drug-likeness (QED) is 0.682. The maximum absolute atomic E-state index is 12.4. The minimum absolute atomic E-state index is 0.0195. The van der Waals surface area contributed by atoms with Crippen molar-refractivity contribution in [2.45, 2.75) is 25.8 Å². The number of rotatable bonds is 7. The van der Waals surface area contributed by atoms with Gasteiger partial charge in [0, 0.05) is 18.4 Å². The van der Waals surface area contributed by atoms with E-state index in [4.69, 9.17) is 14.2 Å². The number of carbonyl (C=O) groups is 2. The number of benzene rings is 1. The lowest BCUT2D eigenvalue weighted by Gasteiger charge is -2.28. The molecule has 1 aliphatic heterocycles. The Kier molecular flexibility index (Phi) is 7.26. The van der Waals surface area contributed by atoms with Gasteiger partial charge in [0.15, 0.2) is 6.54 Å². The number of hydrogen-bond acceptors (Lipinski definition) is 5. The van der Waals surface area contributed by atoms with Gasteiger partial charge in [-0.05, 0) is 25.1 Å². The van der Waals surface area contributed by atoms with E-state index in [1.165, 1.54) is 12.0 Å². The van der Waals surface area contributed by atoms with E-state index in [9.17, 15) is 9.59 Å². The highest BCUT2D eigenvalue weighted by Crippen LogP contribution is 2.29. The Morgan fingerprint density at radius 3 is 2.46 bits per heavy atom. The molecule has 0 unspecified atom stereocenters. The minimum Gasteiger partial charge on any atom is -0.497 e. The Morgan fingerprint density at radius 1 is 1.19 bits per heavy atom. The Morgan fingerprint density at radius 2 is 1.88 bits per heavy atom. The van der Waals surface area contributed by atoms with Crippen LogP contribution in [0.3, 0.4) is 0 Å².